The fraction of sp³-hybridized carbons (Fsp3) is 0.182. The number of hydrogen-bond acceptors (Lipinski definition) is 1. The lowest BCUT2D eigenvalue weighted by atomic mass is 9.92. The third-order valence-electron chi connectivity index (χ3n) is 2.34. The Morgan fingerprint density at radius 1 is 1.38 bits per heavy atom. The number of hydrogen-bond donors (Lipinski definition) is 1. The van der Waals surface area contributed by atoms with Gasteiger partial charge in [-0.15, -0.1) is 0 Å². The summed E-state index contributed by atoms with van der Waals surface area (Å²) in [4.78, 5) is 11.1. The van der Waals surface area contributed by atoms with Crippen molar-refractivity contribution in [2.75, 3.05) is 0 Å². The summed E-state index contributed by atoms with van der Waals surface area (Å²) >= 11 is 0. The molecule has 66 valence electrons. The Morgan fingerprint density at radius 2 is 2.23 bits per heavy atom. The summed E-state index contributed by atoms with van der Waals surface area (Å²) in [5, 5.41) is 0. The molecular formula is C11H11NO. The molecule has 2 N–H and O–H groups in total. The van der Waals surface area contributed by atoms with Crippen LogP contribution in [0, 0.1) is 0 Å². The summed E-state index contributed by atoms with van der Waals surface area (Å²) in [6.07, 6.45) is 6.08. The highest BCUT2D eigenvalue weighted by atomic mass is 16.1. The fourth-order valence-corrected chi connectivity index (χ4v) is 1.71. The SMILES string of the molecule is NC(=O)c1cccc2c1CCC=C2. The molecule has 2 nitrogen and oxygen atoms in total. The molecule has 0 unspecified atom stereocenters. The van der Waals surface area contributed by atoms with Crippen molar-refractivity contribution < 1.29 is 4.79 Å². The van der Waals surface area contributed by atoms with E-state index >= 15 is 0 Å². The molecule has 1 aliphatic carbocycles. The number of carbonyl (C=O) groups is 1. The first-order valence-corrected chi connectivity index (χ1v) is 4.37. The van der Waals surface area contributed by atoms with E-state index in [1.54, 1.807) is 6.07 Å². The standard InChI is InChI=1S/C11H11NO/c12-11(13)10-7-3-5-8-4-1-2-6-9(8)10/h1,3-5,7H,2,6H2,(H2,12,13). The van der Waals surface area contributed by atoms with Crippen LogP contribution in [0.2, 0.25) is 0 Å². The average molecular weight is 173 g/mol. The molecule has 1 aromatic rings. The molecule has 13 heavy (non-hydrogen) atoms. The van der Waals surface area contributed by atoms with Crippen molar-refractivity contribution in [1.82, 2.24) is 0 Å². The Labute approximate surface area is 77.1 Å². The van der Waals surface area contributed by atoms with Crippen molar-refractivity contribution in [2.45, 2.75) is 12.8 Å². The predicted molar refractivity (Wildman–Crippen MR) is 52.3 cm³/mol. The van der Waals surface area contributed by atoms with Crippen LogP contribution in [0.25, 0.3) is 6.08 Å². The first-order chi connectivity index (χ1) is 6.29. The van der Waals surface area contributed by atoms with Crippen LogP contribution in [-0.4, -0.2) is 5.91 Å². The highest BCUT2D eigenvalue weighted by Gasteiger charge is 2.12. The number of amides is 1. The van der Waals surface area contributed by atoms with Gasteiger partial charge in [0.1, 0.15) is 0 Å². The molecule has 1 aliphatic rings. The second-order valence-electron chi connectivity index (χ2n) is 3.18. The number of fused-ring (bicyclic) bond motifs is 1. The number of nitrogens with two attached hydrogens (primary N) is 1. The van der Waals surface area contributed by atoms with Gasteiger partial charge in [-0.2, -0.15) is 0 Å². The molecule has 0 atom stereocenters. The molecular weight excluding hydrogens is 162 g/mol. The molecule has 0 spiro atoms. The first-order valence-electron chi connectivity index (χ1n) is 4.37. The molecule has 0 heterocycles. The number of rotatable bonds is 1. The minimum Gasteiger partial charge on any atom is -0.366 e. The molecule has 1 aromatic carbocycles. The van der Waals surface area contributed by atoms with Gasteiger partial charge >= 0.3 is 0 Å². The predicted octanol–water partition coefficient (Wildman–Crippen LogP) is 1.74. The summed E-state index contributed by atoms with van der Waals surface area (Å²) in [6.45, 7) is 0. The molecule has 0 bridgehead atoms. The van der Waals surface area contributed by atoms with Gasteiger partial charge in [-0.05, 0) is 30.0 Å². The zero-order valence-electron chi connectivity index (χ0n) is 7.29. The number of primary amides is 1. The number of allylic oxidation sites excluding steroid dienone is 1. The third-order valence-corrected chi connectivity index (χ3v) is 2.34. The van der Waals surface area contributed by atoms with Gasteiger partial charge in [0.2, 0.25) is 5.91 Å². The second-order valence-corrected chi connectivity index (χ2v) is 3.18. The Kier molecular flexibility index (Phi) is 1.89. The largest absolute Gasteiger partial charge is 0.366 e. The van der Waals surface area contributed by atoms with E-state index in [0.717, 1.165) is 24.0 Å². The van der Waals surface area contributed by atoms with Gasteiger partial charge in [-0.25, -0.2) is 0 Å². The first kappa shape index (κ1) is 8.05. The van der Waals surface area contributed by atoms with Crippen molar-refractivity contribution in [3.63, 3.8) is 0 Å². The lowest BCUT2D eigenvalue weighted by Crippen LogP contribution is -2.15. The third kappa shape index (κ3) is 1.35. The Balaban J connectivity index is 2.59. The molecule has 0 saturated carbocycles. The van der Waals surface area contributed by atoms with Crippen LogP contribution in [0.3, 0.4) is 0 Å². The van der Waals surface area contributed by atoms with Crippen LogP contribution in [0.1, 0.15) is 27.9 Å². The topological polar surface area (TPSA) is 43.1 Å². The maximum atomic E-state index is 11.1. The van der Waals surface area contributed by atoms with Gasteiger partial charge in [0.05, 0.1) is 0 Å². The Bertz CT molecular complexity index is 380. The zero-order chi connectivity index (χ0) is 9.26. The van der Waals surface area contributed by atoms with E-state index in [4.69, 9.17) is 5.73 Å². The monoisotopic (exact) mass is 173 g/mol. The Morgan fingerprint density at radius 3 is 3.00 bits per heavy atom. The molecule has 0 aromatic heterocycles. The molecule has 0 radical (unpaired) electrons. The van der Waals surface area contributed by atoms with Crippen molar-refractivity contribution in [3.05, 3.63) is 41.0 Å². The van der Waals surface area contributed by atoms with E-state index in [-0.39, 0.29) is 5.91 Å². The lowest BCUT2D eigenvalue weighted by molar-refractivity contribution is 0.0999. The zero-order valence-corrected chi connectivity index (χ0v) is 7.29. The summed E-state index contributed by atoms with van der Waals surface area (Å²) in [5.74, 6) is -0.327. The van der Waals surface area contributed by atoms with E-state index < -0.39 is 0 Å². The lowest BCUT2D eigenvalue weighted by Gasteiger charge is -2.12. The molecule has 2 heteroatoms. The van der Waals surface area contributed by atoms with Gasteiger partial charge < -0.3 is 5.73 Å². The molecule has 0 fully saturated rings. The Hall–Kier alpha value is -1.57. The highest BCUT2D eigenvalue weighted by Crippen LogP contribution is 2.22. The van der Waals surface area contributed by atoms with Crippen molar-refractivity contribution in [3.8, 4) is 0 Å². The number of benzene rings is 1. The summed E-state index contributed by atoms with van der Waals surface area (Å²) in [5.41, 5.74) is 8.17. The van der Waals surface area contributed by atoms with Gasteiger partial charge in [0.25, 0.3) is 0 Å². The van der Waals surface area contributed by atoms with E-state index in [9.17, 15) is 4.79 Å². The molecule has 0 aliphatic heterocycles. The van der Waals surface area contributed by atoms with Gasteiger partial charge in [0.15, 0.2) is 0 Å². The van der Waals surface area contributed by atoms with E-state index in [0.29, 0.717) is 5.56 Å². The molecule has 0 saturated heterocycles. The molecule has 2 rings (SSSR count). The maximum absolute atomic E-state index is 11.1. The van der Waals surface area contributed by atoms with Gasteiger partial charge in [-0.3, -0.25) is 4.79 Å². The van der Waals surface area contributed by atoms with Crippen LogP contribution in [0.5, 0.6) is 0 Å². The minimum absolute atomic E-state index is 0.327. The second kappa shape index (κ2) is 3.05. The molecule has 1 amide bonds. The van der Waals surface area contributed by atoms with E-state index in [2.05, 4.69) is 6.08 Å². The smallest absolute Gasteiger partial charge is 0.248 e. The minimum atomic E-state index is -0.327. The maximum Gasteiger partial charge on any atom is 0.248 e. The normalized spacial score (nSPS) is 13.8. The average Bonchev–Trinajstić information content (AvgIpc) is 2.17. The van der Waals surface area contributed by atoms with Crippen LogP contribution in [0.15, 0.2) is 24.3 Å². The van der Waals surface area contributed by atoms with Gasteiger partial charge in [0, 0.05) is 5.56 Å². The van der Waals surface area contributed by atoms with Crippen molar-refractivity contribution in [1.29, 1.82) is 0 Å². The van der Waals surface area contributed by atoms with Crippen LogP contribution in [-0.2, 0) is 6.42 Å². The van der Waals surface area contributed by atoms with Crippen molar-refractivity contribution >= 4 is 12.0 Å². The van der Waals surface area contributed by atoms with Crippen LogP contribution < -0.4 is 5.73 Å². The fourth-order valence-electron chi connectivity index (χ4n) is 1.71. The highest BCUT2D eigenvalue weighted by molar-refractivity contribution is 5.95. The summed E-state index contributed by atoms with van der Waals surface area (Å²) in [7, 11) is 0. The van der Waals surface area contributed by atoms with E-state index in [1.807, 2.05) is 18.2 Å². The summed E-state index contributed by atoms with van der Waals surface area (Å²) in [6, 6.07) is 5.67. The van der Waals surface area contributed by atoms with Crippen LogP contribution >= 0.6 is 0 Å². The quantitative estimate of drug-likeness (QED) is 0.690. The number of carbonyl (C=O) groups excluding carboxylic acids is 1. The summed E-state index contributed by atoms with van der Waals surface area (Å²) < 4.78 is 0. The van der Waals surface area contributed by atoms with Crippen molar-refractivity contribution in [2.24, 2.45) is 5.73 Å². The van der Waals surface area contributed by atoms with E-state index in [1.165, 1.54) is 0 Å². The van der Waals surface area contributed by atoms with Crippen LogP contribution in [0.4, 0.5) is 0 Å². The van der Waals surface area contributed by atoms with Gasteiger partial charge in [-0.1, -0.05) is 24.3 Å².